The lowest BCUT2D eigenvalue weighted by molar-refractivity contribution is -0.234. The van der Waals surface area contributed by atoms with Crippen molar-refractivity contribution in [3.05, 3.63) is 65.6 Å². The zero-order valence-electron chi connectivity index (χ0n) is 18.5. The van der Waals surface area contributed by atoms with Crippen molar-refractivity contribution >= 4 is 28.8 Å². The number of hydrogen-bond donors (Lipinski definition) is 2. The van der Waals surface area contributed by atoms with E-state index in [1.807, 2.05) is 0 Å². The minimum Gasteiger partial charge on any atom is -0.494 e. The van der Waals surface area contributed by atoms with Gasteiger partial charge in [0.05, 0.1) is 18.3 Å². The van der Waals surface area contributed by atoms with Crippen LogP contribution in [-0.2, 0) is 5.41 Å². The number of aliphatic hydroxyl groups is 1. The molecule has 6 nitrogen and oxygen atoms in total. The normalized spacial score (nSPS) is 14.4. The van der Waals surface area contributed by atoms with Crippen LogP contribution in [0.25, 0.3) is 10.9 Å². The highest BCUT2D eigenvalue weighted by Crippen LogP contribution is 2.41. The quantitative estimate of drug-likeness (QED) is 0.348. The van der Waals surface area contributed by atoms with Gasteiger partial charge in [0.1, 0.15) is 5.69 Å². The molecule has 0 spiro atoms. The molecule has 0 amide bonds. The molecule has 34 heavy (non-hydrogen) atoms. The number of benzene rings is 2. The molecule has 0 aliphatic rings. The van der Waals surface area contributed by atoms with Crippen molar-refractivity contribution in [2.45, 2.75) is 37.5 Å². The van der Waals surface area contributed by atoms with E-state index in [9.17, 15) is 27.5 Å². The summed E-state index contributed by atoms with van der Waals surface area (Å²) in [6, 6.07) is 10.7. The molecule has 2 N–H and O–H groups in total. The average molecular weight is 478 g/mol. The smallest absolute Gasteiger partial charge is 0.422 e. The predicted molar refractivity (Wildman–Crippen MR) is 118 cm³/mol. The van der Waals surface area contributed by atoms with Gasteiger partial charge >= 0.3 is 12.1 Å². The summed E-state index contributed by atoms with van der Waals surface area (Å²) in [6.45, 7) is 2.97. The standard InChI is InChI=1S/C24H22F4N2O4/c1-22(2,14-7-9-16(25)20(11-14)34-3)12-23(33,24(26,27)28)13-29-17-5-4-6-18-15(17)8-10-19(30-18)21(31)32/h4-11,13,33H,12H2,1-3H3,(H,31,32). The Bertz CT molecular complexity index is 1260. The number of pyridine rings is 1. The summed E-state index contributed by atoms with van der Waals surface area (Å²) >= 11 is 0. The maximum atomic E-state index is 14.0. The van der Waals surface area contributed by atoms with Gasteiger partial charge in [0, 0.05) is 11.6 Å². The monoisotopic (exact) mass is 478 g/mol. The van der Waals surface area contributed by atoms with E-state index in [-0.39, 0.29) is 22.6 Å². The summed E-state index contributed by atoms with van der Waals surface area (Å²) in [5.41, 5.74) is -4.17. The molecule has 1 aromatic heterocycles. The molecule has 1 unspecified atom stereocenters. The van der Waals surface area contributed by atoms with Crippen LogP contribution in [0.3, 0.4) is 0 Å². The second kappa shape index (κ2) is 9.02. The summed E-state index contributed by atoms with van der Waals surface area (Å²) in [4.78, 5) is 19.0. The Labute approximate surface area is 192 Å². The van der Waals surface area contributed by atoms with Crippen molar-refractivity contribution in [2.24, 2.45) is 4.99 Å². The second-order valence-electron chi connectivity index (χ2n) is 8.44. The molecule has 180 valence electrons. The Morgan fingerprint density at radius 1 is 1.15 bits per heavy atom. The van der Waals surface area contributed by atoms with Crippen molar-refractivity contribution in [1.29, 1.82) is 0 Å². The van der Waals surface area contributed by atoms with E-state index in [2.05, 4.69) is 9.98 Å². The minimum atomic E-state index is -5.07. The largest absolute Gasteiger partial charge is 0.494 e. The van der Waals surface area contributed by atoms with E-state index in [1.54, 1.807) is 0 Å². The van der Waals surface area contributed by atoms with E-state index in [0.717, 1.165) is 6.07 Å². The first-order valence-electron chi connectivity index (χ1n) is 10.1. The first-order valence-corrected chi connectivity index (χ1v) is 10.1. The van der Waals surface area contributed by atoms with Gasteiger partial charge in [-0.3, -0.25) is 4.99 Å². The maximum Gasteiger partial charge on any atom is 0.422 e. The Morgan fingerprint density at radius 2 is 1.85 bits per heavy atom. The maximum absolute atomic E-state index is 14.0. The first kappa shape index (κ1) is 25.1. The zero-order valence-corrected chi connectivity index (χ0v) is 18.5. The number of rotatable bonds is 7. The molecule has 1 atom stereocenters. The van der Waals surface area contributed by atoms with Crippen molar-refractivity contribution in [1.82, 2.24) is 4.98 Å². The number of ether oxygens (including phenoxy) is 1. The lowest BCUT2D eigenvalue weighted by Crippen LogP contribution is -2.50. The Morgan fingerprint density at radius 3 is 2.47 bits per heavy atom. The number of hydrogen-bond acceptors (Lipinski definition) is 5. The topological polar surface area (TPSA) is 92.0 Å². The molecule has 0 saturated carbocycles. The van der Waals surface area contributed by atoms with Crippen LogP contribution in [0.1, 0.15) is 36.3 Å². The number of carboxylic acids is 1. The molecule has 0 aliphatic carbocycles. The number of halogens is 4. The highest BCUT2D eigenvalue weighted by Gasteiger charge is 2.55. The van der Waals surface area contributed by atoms with Crippen molar-refractivity contribution in [3.63, 3.8) is 0 Å². The third-order valence-corrected chi connectivity index (χ3v) is 5.48. The van der Waals surface area contributed by atoms with Crippen LogP contribution >= 0.6 is 0 Å². The fourth-order valence-corrected chi connectivity index (χ4v) is 3.62. The number of carbonyl (C=O) groups is 1. The highest BCUT2D eigenvalue weighted by molar-refractivity contribution is 5.95. The lowest BCUT2D eigenvalue weighted by atomic mass is 9.75. The molecule has 2 aromatic carbocycles. The average Bonchev–Trinajstić information content (AvgIpc) is 2.76. The zero-order chi connectivity index (χ0) is 25.3. The Balaban J connectivity index is 2.01. The predicted octanol–water partition coefficient (Wildman–Crippen LogP) is 5.44. The number of aromatic nitrogens is 1. The number of aromatic carboxylic acids is 1. The summed E-state index contributed by atoms with van der Waals surface area (Å²) < 4.78 is 60.7. The lowest BCUT2D eigenvalue weighted by Gasteiger charge is -2.35. The third kappa shape index (κ3) is 5.01. The van der Waals surface area contributed by atoms with Crippen molar-refractivity contribution in [2.75, 3.05) is 7.11 Å². The fourth-order valence-electron chi connectivity index (χ4n) is 3.62. The molecule has 0 bridgehead atoms. The fraction of sp³-hybridized carbons (Fsp3) is 0.292. The van der Waals surface area contributed by atoms with E-state index in [1.165, 1.54) is 63.4 Å². The molecule has 1 heterocycles. The van der Waals surface area contributed by atoms with Gasteiger partial charge in [-0.25, -0.2) is 14.2 Å². The summed E-state index contributed by atoms with van der Waals surface area (Å²) in [7, 11) is 1.24. The van der Waals surface area contributed by atoms with Crippen LogP contribution in [0.15, 0.2) is 53.5 Å². The van der Waals surface area contributed by atoms with Gasteiger partial charge in [0.2, 0.25) is 0 Å². The van der Waals surface area contributed by atoms with Crippen LogP contribution in [0.4, 0.5) is 23.2 Å². The number of alkyl halides is 3. The number of aliphatic imine (C=N–C) groups is 1. The van der Waals surface area contributed by atoms with Crippen LogP contribution in [-0.4, -0.2) is 46.3 Å². The van der Waals surface area contributed by atoms with E-state index in [4.69, 9.17) is 9.84 Å². The van der Waals surface area contributed by atoms with Gasteiger partial charge in [-0.1, -0.05) is 26.0 Å². The summed E-state index contributed by atoms with van der Waals surface area (Å²) in [5.74, 6) is -2.04. The molecule has 0 radical (unpaired) electrons. The molecule has 0 aliphatic heterocycles. The second-order valence-corrected chi connectivity index (χ2v) is 8.44. The van der Waals surface area contributed by atoms with E-state index >= 15 is 0 Å². The van der Waals surface area contributed by atoms with Crippen LogP contribution in [0.2, 0.25) is 0 Å². The molecular formula is C24H22F4N2O4. The Hall–Kier alpha value is -3.53. The van der Waals surface area contributed by atoms with E-state index < -0.39 is 35.4 Å². The molecule has 3 aromatic rings. The Kier molecular flexibility index (Phi) is 6.66. The van der Waals surface area contributed by atoms with Gasteiger partial charge in [-0.05, 0) is 53.8 Å². The van der Waals surface area contributed by atoms with Crippen molar-refractivity contribution in [3.8, 4) is 5.75 Å². The van der Waals surface area contributed by atoms with Crippen molar-refractivity contribution < 1.29 is 37.3 Å². The molecule has 3 rings (SSSR count). The minimum absolute atomic E-state index is 0.0749. The molecule has 0 saturated heterocycles. The SMILES string of the molecule is COc1cc(C(C)(C)CC(O)(C=Nc2cccc3nc(C(=O)O)ccc23)C(F)(F)F)ccc1F. The number of methoxy groups -OCH3 is 1. The van der Waals surface area contributed by atoms with Gasteiger partial charge in [0.15, 0.2) is 17.2 Å². The number of nitrogens with zero attached hydrogens (tertiary/aromatic N) is 2. The molecule has 0 fully saturated rings. The van der Waals surface area contributed by atoms with E-state index in [0.29, 0.717) is 17.2 Å². The first-order chi connectivity index (χ1) is 15.8. The van der Waals surface area contributed by atoms with Gasteiger partial charge in [-0.15, -0.1) is 0 Å². The van der Waals surface area contributed by atoms with Gasteiger partial charge in [-0.2, -0.15) is 13.2 Å². The van der Waals surface area contributed by atoms with Crippen LogP contribution in [0.5, 0.6) is 5.75 Å². The third-order valence-electron chi connectivity index (χ3n) is 5.48. The van der Waals surface area contributed by atoms with Crippen LogP contribution < -0.4 is 4.74 Å². The number of fused-ring (bicyclic) bond motifs is 1. The van der Waals surface area contributed by atoms with Gasteiger partial charge in [0.25, 0.3) is 0 Å². The summed E-state index contributed by atoms with van der Waals surface area (Å²) in [5, 5.41) is 20.1. The molecule has 10 heteroatoms. The van der Waals surface area contributed by atoms with Crippen LogP contribution in [0, 0.1) is 5.82 Å². The number of carboxylic acid groups (broad SMARTS) is 1. The highest BCUT2D eigenvalue weighted by atomic mass is 19.4. The molecular weight excluding hydrogens is 456 g/mol. The van der Waals surface area contributed by atoms with Gasteiger partial charge < -0.3 is 14.9 Å². The summed E-state index contributed by atoms with van der Waals surface area (Å²) in [6.07, 6.45) is -5.46.